The topological polar surface area (TPSA) is 67.4 Å². The Morgan fingerprint density at radius 1 is 1.25 bits per heavy atom. The predicted molar refractivity (Wildman–Crippen MR) is 105 cm³/mol. The summed E-state index contributed by atoms with van der Waals surface area (Å²) in [5.74, 6) is 1.07. The summed E-state index contributed by atoms with van der Waals surface area (Å²) in [5, 5.41) is 6.49. The van der Waals surface area contributed by atoms with Crippen LogP contribution in [0.1, 0.15) is 12.5 Å². The number of nitrogens with one attached hydrogen (secondary N) is 2. The van der Waals surface area contributed by atoms with Gasteiger partial charge in [0.05, 0.1) is 26.9 Å². The first kappa shape index (κ1) is 22.2. The fourth-order valence-electron chi connectivity index (χ4n) is 2.86. The molecule has 2 rings (SSSR count). The van der Waals surface area contributed by atoms with Gasteiger partial charge in [-0.25, -0.2) is 0 Å². The minimum Gasteiger partial charge on any atom is -0.493 e. The van der Waals surface area contributed by atoms with Gasteiger partial charge in [0.1, 0.15) is 0 Å². The predicted octanol–water partition coefficient (Wildman–Crippen LogP) is 1.73. The van der Waals surface area contributed by atoms with E-state index in [2.05, 4.69) is 25.3 Å². The molecule has 1 aromatic carbocycles. The van der Waals surface area contributed by atoms with Crippen LogP contribution < -0.4 is 20.1 Å². The van der Waals surface area contributed by atoms with Gasteiger partial charge in [-0.15, -0.1) is 0 Å². The van der Waals surface area contributed by atoms with Crippen LogP contribution in [0, 0.1) is 0 Å². The lowest BCUT2D eigenvalue weighted by Gasteiger charge is -2.25. The third-order valence-corrected chi connectivity index (χ3v) is 4.28. The van der Waals surface area contributed by atoms with Crippen molar-refractivity contribution in [1.82, 2.24) is 15.5 Å². The lowest BCUT2D eigenvalue weighted by molar-refractivity contribution is -0.0512. The number of nitrogens with zero attached hydrogens (tertiary/aromatic N) is 2. The van der Waals surface area contributed by atoms with Gasteiger partial charge < -0.3 is 24.8 Å². The van der Waals surface area contributed by atoms with E-state index in [9.17, 15) is 8.78 Å². The summed E-state index contributed by atoms with van der Waals surface area (Å²) < 4.78 is 40.0. The highest BCUT2D eigenvalue weighted by atomic mass is 19.3. The minimum absolute atomic E-state index is 0.0427. The zero-order valence-electron chi connectivity index (χ0n) is 16.5. The molecule has 1 saturated heterocycles. The third-order valence-electron chi connectivity index (χ3n) is 4.28. The number of rotatable bonds is 10. The van der Waals surface area contributed by atoms with Gasteiger partial charge in [0.15, 0.2) is 17.5 Å². The van der Waals surface area contributed by atoms with E-state index in [1.807, 2.05) is 13.0 Å². The van der Waals surface area contributed by atoms with Crippen molar-refractivity contribution in [1.29, 1.82) is 0 Å². The average Bonchev–Trinajstić information content (AvgIpc) is 2.68. The molecule has 0 saturated carbocycles. The summed E-state index contributed by atoms with van der Waals surface area (Å²) in [5.41, 5.74) is 0.869. The Morgan fingerprint density at radius 3 is 2.71 bits per heavy atom. The number of hydrogen-bond acceptors (Lipinski definition) is 5. The molecular formula is C19H30F2N4O3. The lowest BCUT2D eigenvalue weighted by Crippen LogP contribution is -2.40. The van der Waals surface area contributed by atoms with Crippen molar-refractivity contribution in [3.63, 3.8) is 0 Å². The zero-order valence-corrected chi connectivity index (χ0v) is 16.5. The van der Waals surface area contributed by atoms with E-state index >= 15 is 0 Å². The number of aliphatic imine (C=N–C) groups is 1. The van der Waals surface area contributed by atoms with Crippen molar-refractivity contribution < 1.29 is 23.0 Å². The Kier molecular flexibility index (Phi) is 9.78. The van der Waals surface area contributed by atoms with Crippen molar-refractivity contribution >= 4 is 5.96 Å². The zero-order chi connectivity index (χ0) is 20.2. The van der Waals surface area contributed by atoms with E-state index in [0.29, 0.717) is 19.5 Å². The molecule has 7 nitrogen and oxygen atoms in total. The second-order valence-corrected chi connectivity index (χ2v) is 6.26. The van der Waals surface area contributed by atoms with Crippen molar-refractivity contribution in [3.05, 3.63) is 23.8 Å². The van der Waals surface area contributed by atoms with Gasteiger partial charge in [-0.2, -0.15) is 8.78 Å². The smallest absolute Gasteiger partial charge is 0.387 e. The van der Waals surface area contributed by atoms with Crippen LogP contribution in [0.25, 0.3) is 0 Å². The number of morpholine rings is 1. The number of halogens is 2. The fraction of sp³-hybridized carbons (Fsp3) is 0.632. The molecule has 0 aliphatic carbocycles. The Bertz CT molecular complexity index is 611. The highest BCUT2D eigenvalue weighted by Crippen LogP contribution is 2.29. The lowest BCUT2D eigenvalue weighted by atomic mass is 10.1. The van der Waals surface area contributed by atoms with Crippen LogP contribution >= 0.6 is 0 Å². The van der Waals surface area contributed by atoms with E-state index in [1.54, 1.807) is 12.1 Å². The molecule has 28 heavy (non-hydrogen) atoms. The number of ether oxygens (including phenoxy) is 3. The van der Waals surface area contributed by atoms with Gasteiger partial charge in [-0.1, -0.05) is 6.07 Å². The largest absolute Gasteiger partial charge is 0.493 e. The third kappa shape index (κ3) is 7.85. The van der Waals surface area contributed by atoms with Crippen molar-refractivity contribution in [2.24, 2.45) is 4.99 Å². The maximum atomic E-state index is 12.5. The molecule has 9 heteroatoms. The minimum atomic E-state index is -2.89. The molecule has 0 radical (unpaired) electrons. The van der Waals surface area contributed by atoms with Crippen LogP contribution in [0.3, 0.4) is 0 Å². The average molecular weight is 400 g/mol. The number of hydrogen-bond donors (Lipinski definition) is 2. The van der Waals surface area contributed by atoms with Gasteiger partial charge in [-0.3, -0.25) is 9.89 Å². The standard InChI is InChI=1S/C19H30F2N4O3/c1-3-22-19(24-8-9-25-10-12-27-13-11-25)23-7-6-15-4-5-16(26-2)17(14-15)28-18(20)21/h4-5,14,18H,3,6-13H2,1-2H3,(H2,22,23,24). The number of benzene rings is 1. The van der Waals surface area contributed by atoms with Crippen LogP contribution in [0.2, 0.25) is 0 Å². The normalized spacial score (nSPS) is 15.5. The van der Waals surface area contributed by atoms with Crippen LogP contribution in [0.15, 0.2) is 23.2 Å². The van der Waals surface area contributed by atoms with E-state index < -0.39 is 6.61 Å². The first-order valence-electron chi connectivity index (χ1n) is 9.56. The van der Waals surface area contributed by atoms with Gasteiger partial charge in [0.2, 0.25) is 0 Å². The molecule has 2 N–H and O–H groups in total. The molecule has 0 atom stereocenters. The maximum Gasteiger partial charge on any atom is 0.387 e. The Labute approximate surface area is 165 Å². The summed E-state index contributed by atoms with van der Waals surface area (Å²) >= 11 is 0. The summed E-state index contributed by atoms with van der Waals surface area (Å²) in [6, 6.07) is 5.05. The van der Waals surface area contributed by atoms with E-state index in [0.717, 1.165) is 50.9 Å². The second-order valence-electron chi connectivity index (χ2n) is 6.26. The molecular weight excluding hydrogens is 370 g/mol. The highest BCUT2D eigenvalue weighted by molar-refractivity contribution is 5.79. The Balaban J connectivity index is 1.83. The van der Waals surface area contributed by atoms with Crippen molar-refractivity contribution in [2.75, 3.05) is 59.6 Å². The summed E-state index contributed by atoms with van der Waals surface area (Å²) in [6.07, 6.45) is 0.636. The molecule has 0 unspecified atom stereocenters. The summed E-state index contributed by atoms with van der Waals surface area (Å²) in [7, 11) is 1.42. The maximum absolute atomic E-state index is 12.5. The van der Waals surface area contributed by atoms with Crippen molar-refractivity contribution in [3.8, 4) is 11.5 Å². The monoisotopic (exact) mass is 400 g/mol. The molecule has 0 bridgehead atoms. The summed E-state index contributed by atoms with van der Waals surface area (Å²) in [6.45, 7) is 5.54. The molecule has 1 fully saturated rings. The van der Waals surface area contributed by atoms with Crippen LogP contribution in [0.5, 0.6) is 11.5 Å². The molecule has 1 aliphatic heterocycles. The van der Waals surface area contributed by atoms with Gasteiger partial charge in [-0.05, 0) is 31.0 Å². The first-order chi connectivity index (χ1) is 13.6. The molecule has 0 amide bonds. The first-order valence-corrected chi connectivity index (χ1v) is 9.56. The molecule has 0 spiro atoms. The molecule has 1 heterocycles. The van der Waals surface area contributed by atoms with Crippen LogP contribution in [0.4, 0.5) is 8.78 Å². The Hall–Kier alpha value is -2.13. The molecule has 1 aromatic rings. The van der Waals surface area contributed by atoms with Crippen LogP contribution in [-0.2, 0) is 11.2 Å². The van der Waals surface area contributed by atoms with Gasteiger partial charge >= 0.3 is 6.61 Å². The van der Waals surface area contributed by atoms with E-state index in [1.165, 1.54) is 7.11 Å². The Morgan fingerprint density at radius 2 is 2.04 bits per heavy atom. The quantitative estimate of drug-likeness (QED) is 0.461. The van der Waals surface area contributed by atoms with Gasteiger partial charge in [0, 0.05) is 32.7 Å². The number of guanidine groups is 1. The fourth-order valence-corrected chi connectivity index (χ4v) is 2.86. The second kappa shape index (κ2) is 12.4. The highest BCUT2D eigenvalue weighted by Gasteiger charge is 2.12. The van der Waals surface area contributed by atoms with E-state index in [4.69, 9.17) is 9.47 Å². The van der Waals surface area contributed by atoms with Gasteiger partial charge in [0.25, 0.3) is 0 Å². The molecule has 1 aliphatic rings. The molecule has 0 aromatic heterocycles. The summed E-state index contributed by atoms with van der Waals surface area (Å²) in [4.78, 5) is 6.92. The van der Waals surface area contributed by atoms with E-state index in [-0.39, 0.29) is 11.5 Å². The van der Waals surface area contributed by atoms with Crippen LogP contribution in [-0.4, -0.2) is 77.1 Å². The SMILES string of the molecule is CCNC(=NCCN1CCOCC1)NCCc1ccc(OC)c(OC(F)F)c1. The number of alkyl halides is 2. The molecule has 158 valence electrons. The number of methoxy groups -OCH3 is 1. The van der Waals surface area contributed by atoms with Crippen molar-refractivity contribution in [2.45, 2.75) is 20.0 Å².